The summed E-state index contributed by atoms with van der Waals surface area (Å²) in [7, 11) is 0. The number of hydrogen-bond donors (Lipinski definition) is 2. The molecule has 1 rings (SSSR count). The Bertz CT molecular complexity index is 190. The van der Waals surface area contributed by atoms with Crippen molar-refractivity contribution in [3.63, 3.8) is 0 Å². The van der Waals surface area contributed by atoms with Crippen LogP contribution in [0.3, 0.4) is 0 Å². The third kappa shape index (κ3) is 2.50. The van der Waals surface area contributed by atoms with E-state index >= 15 is 0 Å². The molecule has 0 radical (unpaired) electrons. The molecule has 11 heavy (non-hydrogen) atoms. The van der Waals surface area contributed by atoms with E-state index in [9.17, 15) is 0 Å². The van der Waals surface area contributed by atoms with Gasteiger partial charge in [-0.05, 0) is 13.3 Å². The van der Waals surface area contributed by atoms with E-state index in [0.29, 0.717) is 0 Å². The highest BCUT2D eigenvalue weighted by molar-refractivity contribution is 5.80. The first-order chi connectivity index (χ1) is 5.33. The molecule has 0 aromatic heterocycles. The lowest BCUT2D eigenvalue weighted by molar-refractivity contribution is 0.689. The van der Waals surface area contributed by atoms with Gasteiger partial charge < -0.3 is 10.6 Å². The lowest BCUT2D eigenvalue weighted by atomic mass is 10.3. The first-order valence-corrected chi connectivity index (χ1v) is 3.84. The number of nitrogens with zero attached hydrogens (tertiary/aromatic N) is 1. The largest absolute Gasteiger partial charge is 0.356 e. The summed E-state index contributed by atoms with van der Waals surface area (Å²) < 4.78 is 0. The molecule has 3 heteroatoms. The Labute approximate surface area is 67.3 Å². The second-order valence-corrected chi connectivity index (χ2v) is 2.54. The summed E-state index contributed by atoms with van der Waals surface area (Å²) in [6.45, 7) is 3.81. The summed E-state index contributed by atoms with van der Waals surface area (Å²) in [6.07, 6.45) is 6.30. The molecular weight excluding hydrogens is 138 g/mol. The Kier molecular flexibility index (Phi) is 2.79. The molecule has 0 saturated heterocycles. The van der Waals surface area contributed by atoms with E-state index in [0.717, 1.165) is 25.5 Å². The molecule has 60 valence electrons. The maximum absolute atomic E-state index is 5.19. The molecule has 0 aromatic carbocycles. The van der Waals surface area contributed by atoms with Crippen molar-refractivity contribution in [2.45, 2.75) is 19.4 Å². The topological polar surface area (TPSA) is 36.4 Å². The molecule has 0 aromatic rings. The van der Waals surface area contributed by atoms with E-state index in [4.69, 9.17) is 6.42 Å². The maximum Gasteiger partial charge on any atom is 0.192 e. The van der Waals surface area contributed by atoms with Crippen LogP contribution in [-0.4, -0.2) is 25.1 Å². The zero-order chi connectivity index (χ0) is 8.10. The van der Waals surface area contributed by atoms with Crippen molar-refractivity contribution in [1.82, 2.24) is 10.6 Å². The zero-order valence-corrected chi connectivity index (χ0v) is 6.72. The maximum atomic E-state index is 5.19. The fraction of sp³-hybridized carbons (Fsp3) is 0.625. The highest BCUT2D eigenvalue weighted by atomic mass is 15.2. The Morgan fingerprint density at radius 1 is 1.82 bits per heavy atom. The predicted molar refractivity (Wildman–Crippen MR) is 46.4 cm³/mol. The van der Waals surface area contributed by atoms with Crippen molar-refractivity contribution in [1.29, 1.82) is 0 Å². The average Bonchev–Trinajstić information content (AvgIpc) is 2.06. The van der Waals surface area contributed by atoms with Gasteiger partial charge >= 0.3 is 0 Å². The minimum atomic E-state index is 0.0550. The van der Waals surface area contributed by atoms with Gasteiger partial charge in [0, 0.05) is 13.1 Å². The van der Waals surface area contributed by atoms with Crippen molar-refractivity contribution in [2.24, 2.45) is 4.99 Å². The summed E-state index contributed by atoms with van der Waals surface area (Å²) in [5.74, 6) is 3.42. The fourth-order valence-electron chi connectivity index (χ4n) is 0.876. The predicted octanol–water partition coefficient (Wildman–Crippen LogP) is -0.0530. The third-order valence-corrected chi connectivity index (χ3v) is 1.50. The number of terminal acetylenes is 1. The average molecular weight is 151 g/mol. The van der Waals surface area contributed by atoms with E-state index in [2.05, 4.69) is 21.5 Å². The van der Waals surface area contributed by atoms with E-state index < -0.39 is 0 Å². The van der Waals surface area contributed by atoms with E-state index in [1.165, 1.54) is 0 Å². The van der Waals surface area contributed by atoms with Gasteiger partial charge in [-0.15, -0.1) is 6.42 Å². The van der Waals surface area contributed by atoms with Crippen molar-refractivity contribution in [3.05, 3.63) is 0 Å². The molecule has 1 atom stereocenters. The quantitative estimate of drug-likeness (QED) is 0.515. The van der Waals surface area contributed by atoms with Gasteiger partial charge in [0.15, 0.2) is 5.96 Å². The van der Waals surface area contributed by atoms with Crippen LogP contribution in [0.2, 0.25) is 0 Å². The molecule has 0 fully saturated rings. The molecular formula is C8H13N3. The Balaban J connectivity index is 2.36. The molecule has 2 N–H and O–H groups in total. The number of nitrogens with one attached hydrogen (secondary N) is 2. The molecule has 0 amide bonds. The summed E-state index contributed by atoms with van der Waals surface area (Å²) in [6, 6.07) is 0.0550. The van der Waals surface area contributed by atoms with Crippen LogP contribution in [0.25, 0.3) is 0 Å². The molecule has 0 bridgehead atoms. The lowest BCUT2D eigenvalue weighted by Gasteiger charge is -2.17. The second-order valence-electron chi connectivity index (χ2n) is 2.54. The number of hydrogen-bond acceptors (Lipinski definition) is 3. The monoisotopic (exact) mass is 151 g/mol. The van der Waals surface area contributed by atoms with Crippen LogP contribution in [0, 0.1) is 12.3 Å². The lowest BCUT2D eigenvalue weighted by Crippen LogP contribution is -2.44. The van der Waals surface area contributed by atoms with E-state index in [1.54, 1.807) is 0 Å². The SMILES string of the molecule is C#CC(C)NC1=NCCCN1. The van der Waals surface area contributed by atoms with Crippen molar-refractivity contribution in [2.75, 3.05) is 13.1 Å². The standard InChI is InChI=1S/C8H13N3/c1-3-7(2)11-8-9-5-4-6-10-8/h1,7H,4-6H2,2H3,(H2,9,10,11). The highest BCUT2D eigenvalue weighted by Crippen LogP contribution is 1.88. The minimum absolute atomic E-state index is 0.0550. The minimum Gasteiger partial charge on any atom is -0.356 e. The molecule has 1 unspecified atom stereocenters. The van der Waals surface area contributed by atoms with Gasteiger partial charge in [-0.3, -0.25) is 4.99 Å². The smallest absolute Gasteiger partial charge is 0.192 e. The van der Waals surface area contributed by atoms with Crippen molar-refractivity contribution in [3.8, 4) is 12.3 Å². The van der Waals surface area contributed by atoms with Crippen molar-refractivity contribution >= 4 is 5.96 Å². The summed E-state index contributed by atoms with van der Waals surface area (Å²) >= 11 is 0. The number of rotatable bonds is 1. The Morgan fingerprint density at radius 2 is 2.64 bits per heavy atom. The molecule has 1 aliphatic heterocycles. The van der Waals surface area contributed by atoms with Crippen LogP contribution in [0.15, 0.2) is 4.99 Å². The second kappa shape index (κ2) is 3.87. The Morgan fingerprint density at radius 3 is 3.18 bits per heavy atom. The van der Waals surface area contributed by atoms with Gasteiger partial charge in [0.2, 0.25) is 0 Å². The zero-order valence-electron chi connectivity index (χ0n) is 6.72. The van der Waals surface area contributed by atoms with E-state index in [1.807, 2.05) is 6.92 Å². The molecule has 1 heterocycles. The van der Waals surface area contributed by atoms with Crippen LogP contribution in [0.1, 0.15) is 13.3 Å². The fourth-order valence-corrected chi connectivity index (χ4v) is 0.876. The van der Waals surface area contributed by atoms with Gasteiger partial charge in [0.1, 0.15) is 0 Å². The van der Waals surface area contributed by atoms with Gasteiger partial charge in [0.05, 0.1) is 6.04 Å². The van der Waals surface area contributed by atoms with Gasteiger partial charge in [-0.1, -0.05) is 5.92 Å². The molecule has 0 saturated carbocycles. The van der Waals surface area contributed by atoms with Crippen LogP contribution >= 0.6 is 0 Å². The van der Waals surface area contributed by atoms with Gasteiger partial charge in [-0.2, -0.15) is 0 Å². The summed E-state index contributed by atoms with van der Waals surface area (Å²) in [5, 5.41) is 6.20. The molecule has 3 nitrogen and oxygen atoms in total. The van der Waals surface area contributed by atoms with Crippen LogP contribution in [0.4, 0.5) is 0 Å². The first-order valence-electron chi connectivity index (χ1n) is 3.84. The third-order valence-electron chi connectivity index (χ3n) is 1.50. The summed E-state index contributed by atoms with van der Waals surface area (Å²) in [4.78, 5) is 4.22. The first kappa shape index (κ1) is 7.93. The number of aliphatic imine (C=N–C) groups is 1. The molecule has 0 aliphatic carbocycles. The molecule has 1 aliphatic rings. The van der Waals surface area contributed by atoms with E-state index in [-0.39, 0.29) is 6.04 Å². The normalized spacial score (nSPS) is 19.1. The van der Waals surface area contributed by atoms with Gasteiger partial charge in [0.25, 0.3) is 0 Å². The van der Waals surface area contributed by atoms with Gasteiger partial charge in [-0.25, -0.2) is 0 Å². The molecule has 0 spiro atoms. The van der Waals surface area contributed by atoms with Crippen molar-refractivity contribution < 1.29 is 0 Å². The van der Waals surface area contributed by atoms with Crippen LogP contribution < -0.4 is 10.6 Å². The number of guanidine groups is 1. The van der Waals surface area contributed by atoms with Crippen LogP contribution in [0.5, 0.6) is 0 Å². The summed E-state index contributed by atoms with van der Waals surface area (Å²) in [5.41, 5.74) is 0. The Hall–Kier alpha value is -1.17. The van der Waals surface area contributed by atoms with Crippen LogP contribution in [-0.2, 0) is 0 Å². The highest BCUT2D eigenvalue weighted by Gasteiger charge is 2.04.